The van der Waals surface area contributed by atoms with Crippen LogP contribution in [-0.4, -0.2) is 75.9 Å². The molecule has 0 radical (unpaired) electrons. The van der Waals surface area contributed by atoms with Crippen LogP contribution in [0.15, 0.2) is 42.6 Å². The smallest absolute Gasteiger partial charge is 0.327 e. The van der Waals surface area contributed by atoms with Crippen molar-refractivity contribution >= 4 is 17.8 Å². The highest BCUT2D eigenvalue weighted by Crippen LogP contribution is 2.40. The van der Waals surface area contributed by atoms with Crippen molar-refractivity contribution in [2.45, 2.75) is 63.6 Å². The van der Waals surface area contributed by atoms with E-state index in [-0.39, 0.29) is 18.0 Å². The lowest BCUT2D eigenvalue weighted by Crippen LogP contribution is -2.56. The third kappa shape index (κ3) is 3.80. The zero-order valence-electron chi connectivity index (χ0n) is 20.7. The van der Waals surface area contributed by atoms with Gasteiger partial charge in [0.05, 0.1) is 0 Å². The number of aromatic nitrogens is 1. The van der Waals surface area contributed by atoms with E-state index in [0.29, 0.717) is 19.4 Å². The Morgan fingerprint density at radius 2 is 1.63 bits per heavy atom. The number of carbonyl (C=O) groups excluding carboxylic acids is 2. The Morgan fingerprint density at radius 3 is 2.23 bits per heavy atom. The van der Waals surface area contributed by atoms with Gasteiger partial charge in [0.15, 0.2) is 0 Å². The minimum absolute atomic E-state index is 0.0263. The van der Waals surface area contributed by atoms with Crippen molar-refractivity contribution in [2.24, 2.45) is 0 Å². The number of hydrogen-bond acceptors (Lipinski definition) is 5. The van der Waals surface area contributed by atoms with Crippen molar-refractivity contribution in [2.75, 3.05) is 37.6 Å². The van der Waals surface area contributed by atoms with Crippen molar-refractivity contribution in [3.05, 3.63) is 59.3 Å². The Balaban J connectivity index is 1.12. The van der Waals surface area contributed by atoms with Crippen LogP contribution in [0, 0.1) is 0 Å². The predicted octanol–water partition coefficient (Wildman–Crippen LogP) is 3.47. The number of anilines is 1. The Kier molecular flexibility index (Phi) is 5.75. The summed E-state index contributed by atoms with van der Waals surface area (Å²) in [5, 5.41) is 0. The second-order valence-electron chi connectivity index (χ2n) is 10.6. The van der Waals surface area contributed by atoms with E-state index < -0.39 is 5.54 Å². The van der Waals surface area contributed by atoms with Gasteiger partial charge in [0.25, 0.3) is 5.91 Å². The molecule has 0 bridgehead atoms. The highest BCUT2D eigenvalue weighted by Gasteiger charge is 2.59. The lowest BCUT2D eigenvalue weighted by Gasteiger charge is -2.42. The third-order valence-corrected chi connectivity index (χ3v) is 8.61. The molecular weight excluding hydrogens is 438 g/mol. The Labute approximate surface area is 207 Å². The largest absolute Gasteiger partial charge is 0.357 e. The van der Waals surface area contributed by atoms with Gasteiger partial charge in [-0.3, -0.25) is 14.6 Å². The number of likely N-dealkylation sites (N-methyl/N-ethyl adjacent to an activating group) is 1. The number of rotatable bonds is 5. The first-order chi connectivity index (χ1) is 17.1. The summed E-state index contributed by atoms with van der Waals surface area (Å²) < 4.78 is 0. The van der Waals surface area contributed by atoms with Gasteiger partial charge in [-0.15, -0.1) is 0 Å². The molecular formula is C28H35N5O2. The fourth-order valence-electron chi connectivity index (χ4n) is 6.68. The van der Waals surface area contributed by atoms with Gasteiger partial charge in [0.1, 0.15) is 11.4 Å². The van der Waals surface area contributed by atoms with Crippen LogP contribution < -0.4 is 4.90 Å². The number of benzene rings is 1. The van der Waals surface area contributed by atoms with E-state index in [0.717, 1.165) is 51.4 Å². The summed E-state index contributed by atoms with van der Waals surface area (Å²) in [5.74, 6) is 1.10. The quantitative estimate of drug-likeness (QED) is 0.623. The van der Waals surface area contributed by atoms with E-state index in [4.69, 9.17) is 4.98 Å². The van der Waals surface area contributed by atoms with E-state index in [9.17, 15) is 9.59 Å². The average Bonchev–Trinajstić information content (AvgIpc) is 3.60. The zero-order chi connectivity index (χ0) is 24.0. The highest BCUT2D eigenvalue weighted by molar-refractivity contribution is 6.07. The monoisotopic (exact) mass is 473 g/mol. The third-order valence-electron chi connectivity index (χ3n) is 8.61. The molecule has 1 aromatic carbocycles. The van der Waals surface area contributed by atoms with E-state index in [1.807, 2.05) is 30.2 Å². The van der Waals surface area contributed by atoms with Crippen LogP contribution in [0.1, 0.15) is 49.3 Å². The average molecular weight is 474 g/mol. The molecule has 7 heteroatoms. The highest BCUT2D eigenvalue weighted by atomic mass is 16.2. The topological polar surface area (TPSA) is 60.0 Å². The van der Waals surface area contributed by atoms with Gasteiger partial charge >= 0.3 is 6.03 Å². The first kappa shape index (κ1) is 22.5. The summed E-state index contributed by atoms with van der Waals surface area (Å²) in [4.78, 5) is 40.3. The molecule has 3 fully saturated rings. The molecule has 7 nitrogen and oxygen atoms in total. The summed E-state index contributed by atoms with van der Waals surface area (Å²) in [7, 11) is 0. The number of likely N-dealkylation sites (tertiary alicyclic amines) is 1. The molecule has 4 heterocycles. The zero-order valence-corrected chi connectivity index (χ0v) is 20.7. The lowest BCUT2D eigenvalue weighted by atomic mass is 9.85. The van der Waals surface area contributed by atoms with Gasteiger partial charge in [-0.2, -0.15) is 0 Å². The van der Waals surface area contributed by atoms with Gasteiger partial charge in [-0.05, 0) is 68.2 Å². The molecule has 4 aliphatic rings. The molecule has 0 N–H and O–H groups in total. The molecule has 0 unspecified atom stereocenters. The Hall–Kier alpha value is -2.93. The lowest BCUT2D eigenvalue weighted by molar-refractivity contribution is -0.137. The van der Waals surface area contributed by atoms with Crippen LogP contribution in [0.25, 0.3) is 0 Å². The van der Waals surface area contributed by atoms with Crippen LogP contribution >= 0.6 is 0 Å². The second kappa shape index (κ2) is 8.94. The molecule has 1 aromatic heterocycles. The molecule has 1 aliphatic carbocycles. The van der Waals surface area contributed by atoms with Gasteiger partial charge in [0.2, 0.25) is 0 Å². The molecule has 0 saturated carbocycles. The maximum atomic E-state index is 13.9. The van der Waals surface area contributed by atoms with Crippen LogP contribution in [0.3, 0.4) is 0 Å². The number of piperidine rings is 1. The fourth-order valence-corrected chi connectivity index (χ4v) is 6.68. The Morgan fingerprint density at radius 1 is 0.943 bits per heavy atom. The number of amides is 3. The van der Waals surface area contributed by atoms with E-state index in [1.54, 1.807) is 4.90 Å². The molecule has 184 valence electrons. The summed E-state index contributed by atoms with van der Waals surface area (Å²) in [6, 6.07) is 12.5. The van der Waals surface area contributed by atoms with Gasteiger partial charge in [0, 0.05) is 51.5 Å². The van der Waals surface area contributed by atoms with Crippen LogP contribution in [0.5, 0.6) is 0 Å². The summed E-state index contributed by atoms with van der Waals surface area (Å²) in [6.07, 6.45) is 7.43. The number of pyridine rings is 1. The molecule has 3 saturated heterocycles. The number of imide groups is 1. The fraction of sp³-hybridized carbons (Fsp3) is 0.536. The van der Waals surface area contributed by atoms with Crippen LogP contribution in [-0.2, 0) is 24.2 Å². The summed E-state index contributed by atoms with van der Waals surface area (Å²) in [5.41, 5.74) is 3.05. The number of urea groups is 1. The minimum Gasteiger partial charge on any atom is -0.357 e. The number of nitrogens with zero attached hydrogens (tertiary/aromatic N) is 5. The normalized spacial score (nSPS) is 22.6. The standard InChI is InChI=1S/C28H35N5O2/c1-2-32-27(35)33(24-17-22-7-3-4-8-23(22)18-24)26(34)28(32)11-15-30(16-12-28)20-21-9-10-25(29-19-21)31-13-5-6-14-31/h3-4,7-10,19,24H,2,5-6,11-18,20H2,1H3. The maximum Gasteiger partial charge on any atom is 0.327 e. The molecule has 3 amide bonds. The summed E-state index contributed by atoms with van der Waals surface area (Å²) in [6.45, 7) is 7.22. The van der Waals surface area contributed by atoms with Gasteiger partial charge in [-0.1, -0.05) is 30.3 Å². The van der Waals surface area contributed by atoms with Crippen molar-refractivity contribution in [3.63, 3.8) is 0 Å². The SMILES string of the molecule is CCN1C(=O)N(C2Cc3ccccc3C2)C(=O)C12CCN(Cc1ccc(N3CCCC3)nc1)CC2. The van der Waals surface area contributed by atoms with Crippen LogP contribution in [0.4, 0.5) is 10.6 Å². The number of carbonyl (C=O) groups is 2. The molecule has 0 atom stereocenters. The van der Waals surface area contributed by atoms with E-state index in [1.165, 1.54) is 29.5 Å². The van der Waals surface area contributed by atoms with Crippen molar-refractivity contribution < 1.29 is 9.59 Å². The maximum absolute atomic E-state index is 13.9. The molecule has 1 spiro atoms. The van der Waals surface area contributed by atoms with Crippen molar-refractivity contribution in [1.29, 1.82) is 0 Å². The summed E-state index contributed by atoms with van der Waals surface area (Å²) >= 11 is 0. The van der Waals surface area contributed by atoms with Crippen LogP contribution in [0.2, 0.25) is 0 Å². The van der Waals surface area contributed by atoms with Crippen molar-refractivity contribution in [1.82, 2.24) is 19.7 Å². The number of hydrogen-bond donors (Lipinski definition) is 0. The van der Waals surface area contributed by atoms with Gasteiger partial charge in [-0.25, -0.2) is 9.78 Å². The Bertz CT molecular complexity index is 1080. The molecule has 6 rings (SSSR count). The predicted molar refractivity (Wildman–Crippen MR) is 135 cm³/mol. The molecule has 35 heavy (non-hydrogen) atoms. The van der Waals surface area contributed by atoms with Gasteiger partial charge < -0.3 is 9.80 Å². The first-order valence-electron chi connectivity index (χ1n) is 13.2. The van der Waals surface area contributed by atoms with E-state index in [2.05, 4.69) is 34.1 Å². The first-order valence-corrected chi connectivity index (χ1v) is 13.2. The van der Waals surface area contributed by atoms with Crippen molar-refractivity contribution in [3.8, 4) is 0 Å². The van der Waals surface area contributed by atoms with E-state index >= 15 is 0 Å². The molecule has 2 aromatic rings. The number of fused-ring (bicyclic) bond motifs is 1. The minimum atomic E-state index is -0.686. The second-order valence-corrected chi connectivity index (χ2v) is 10.6. The molecule has 3 aliphatic heterocycles.